The zero-order valence-corrected chi connectivity index (χ0v) is 14.8. The molecule has 2 unspecified atom stereocenters. The summed E-state index contributed by atoms with van der Waals surface area (Å²) in [5.41, 5.74) is 0. The predicted molar refractivity (Wildman–Crippen MR) is 93.2 cm³/mol. The number of aliphatic hydroxyl groups excluding tert-OH is 1. The van der Waals surface area contributed by atoms with Gasteiger partial charge in [0.1, 0.15) is 6.73 Å². The summed E-state index contributed by atoms with van der Waals surface area (Å²) >= 11 is 1.59. The molecule has 8 heteroatoms. The van der Waals surface area contributed by atoms with Crippen molar-refractivity contribution in [1.29, 1.82) is 0 Å². The number of nitrogens with one attached hydrogen (secondary N) is 1. The number of amides is 2. The van der Waals surface area contributed by atoms with Crippen LogP contribution in [0.2, 0.25) is 0 Å². The quantitative estimate of drug-likeness (QED) is 0.461. The van der Waals surface area contributed by atoms with Gasteiger partial charge in [-0.05, 0) is 18.6 Å². The Labute approximate surface area is 144 Å². The van der Waals surface area contributed by atoms with E-state index >= 15 is 0 Å². The van der Waals surface area contributed by atoms with Gasteiger partial charge in [0.05, 0.1) is 18.6 Å². The maximum atomic E-state index is 12.6. The number of aliphatic hydroxyl groups is 1. The first-order valence-electron chi connectivity index (χ1n) is 7.34. The smallest absolute Gasteiger partial charge is 0.407 e. The number of nitrogens with zero attached hydrogens (tertiary/aromatic N) is 1. The van der Waals surface area contributed by atoms with Crippen LogP contribution in [0, 0.1) is 5.92 Å². The zero-order valence-electron chi connectivity index (χ0n) is 14.0. The monoisotopic (exact) mass is 352 g/mol. The first-order chi connectivity index (χ1) is 10.4. The predicted octanol–water partition coefficient (Wildman–Crippen LogP) is 1.90. The van der Waals surface area contributed by atoms with E-state index in [1.165, 1.54) is 11.9 Å². The van der Waals surface area contributed by atoms with Crippen molar-refractivity contribution in [3.63, 3.8) is 0 Å². The number of hydrogen-bond donors (Lipinski definition) is 2. The number of ether oxygens (including phenoxy) is 2. The third kappa shape index (κ3) is 9.02. The van der Waals surface area contributed by atoms with Gasteiger partial charge >= 0.3 is 6.09 Å². The van der Waals surface area contributed by atoms with Gasteiger partial charge in [0, 0.05) is 7.05 Å². The van der Waals surface area contributed by atoms with Crippen molar-refractivity contribution >= 4 is 23.8 Å². The van der Waals surface area contributed by atoms with Gasteiger partial charge in [0.15, 0.2) is 6.10 Å². The van der Waals surface area contributed by atoms with Gasteiger partial charge in [0.2, 0.25) is 0 Å². The lowest BCUT2D eigenvalue weighted by molar-refractivity contribution is -0.151. The number of rotatable bonds is 10. The van der Waals surface area contributed by atoms with Crippen LogP contribution in [0.25, 0.3) is 0 Å². The molecule has 0 aliphatic heterocycles. The Kier molecular flexibility index (Phi) is 14.2. The Balaban J connectivity index is 0. The molecule has 7 nitrogen and oxygen atoms in total. The Hall–Kier alpha value is -0.990. The SMILES string of the molecule is C.CCSCOCN(C(=O)C(OC(=O)NC)C(C)C)C(C)CO. The third-order valence-electron chi connectivity index (χ3n) is 2.97. The summed E-state index contributed by atoms with van der Waals surface area (Å²) in [5.74, 6) is 0.809. The van der Waals surface area contributed by atoms with Crippen molar-refractivity contribution in [3.05, 3.63) is 0 Å². The van der Waals surface area contributed by atoms with Crippen LogP contribution in [0.15, 0.2) is 0 Å². The molecule has 0 aromatic carbocycles. The van der Waals surface area contributed by atoms with Crippen molar-refractivity contribution in [2.45, 2.75) is 47.3 Å². The van der Waals surface area contributed by atoms with Crippen LogP contribution in [-0.4, -0.2) is 66.2 Å². The van der Waals surface area contributed by atoms with Crippen molar-refractivity contribution in [2.75, 3.05) is 32.1 Å². The molecule has 0 fully saturated rings. The minimum atomic E-state index is -0.920. The molecule has 0 aromatic rings. The molecule has 0 bridgehead atoms. The topological polar surface area (TPSA) is 88.1 Å². The minimum Gasteiger partial charge on any atom is -0.436 e. The maximum absolute atomic E-state index is 12.6. The minimum absolute atomic E-state index is 0. The molecule has 0 rings (SSSR count). The second kappa shape index (κ2) is 13.4. The van der Waals surface area contributed by atoms with Crippen LogP contribution in [0.3, 0.4) is 0 Å². The van der Waals surface area contributed by atoms with Crippen LogP contribution >= 0.6 is 11.8 Å². The molecule has 0 saturated carbocycles. The largest absolute Gasteiger partial charge is 0.436 e. The molecule has 0 radical (unpaired) electrons. The fourth-order valence-corrected chi connectivity index (χ4v) is 1.95. The molecule has 2 amide bonds. The zero-order chi connectivity index (χ0) is 17.1. The molecule has 0 aromatic heterocycles. The van der Waals surface area contributed by atoms with Gasteiger partial charge in [-0.15, -0.1) is 11.8 Å². The molecule has 0 spiro atoms. The lowest BCUT2D eigenvalue weighted by Crippen LogP contribution is -2.50. The number of thioether (sulfide) groups is 1. The summed E-state index contributed by atoms with van der Waals surface area (Å²) in [6.07, 6.45) is -1.58. The number of carbonyl (C=O) groups excluding carboxylic acids is 2. The molecule has 0 heterocycles. The number of alkyl carbamates (subject to hydrolysis) is 1. The summed E-state index contributed by atoms with van der Waals surface area (Å²) in [4.78, 5) is 25.4. The normalized spacial score (nSPS) is 13.0. The molecule has 2 atom stereocenters. The fraction of sp³-hybridized carbons (Fsp3) is 0.867. The highest BCUT2D eigenvalue weighted by Gasteiger charge is 2.32. The molecular weight excluding hydrogens is 320 g/mol. The summed E-state index contributed by atoms with van der Waals surface area (Å²) in [5, 5.41) is 11.7. The van der Waals surface area contributed by atoms with E-state index in [0.29, 0.717) is 5.94 Å². The Bertz CT molecular complexity index is 342. The van der Waals surface area contributed by atoms with Crippen LogP contribution in [0.4, 0.5) is 4.79 Å². The Morgan fingerprint density at radius 2 is 1.91 bits per heavy atom. The third-order valence-corrected chi connectivity index (χ3v) is 3.71. The van der Waals surface area contributed by atoms with Gasteiger partial charge in [-0.1, -0.05) is 28.2 Å². The van der Waals surface area contributed by atoms with Crippen molar-refractivity contribution in [1.82, 2.24) is 10.2 Å². The molecule has 0 aliphatic rings. The first kappa shape index (κ1) is 24.3. The second-order valence-electron chi connectivity index (χ2n) is 5.10. The van der Waals surface area contributed by atoms with E-state index in [1.54, 1.807) is 32.5 Å². The van der Waals surface area contributed by atoms with Crippen molar-refractivity contribution in [3.8, 4) is 0 Å². The summed E-state index contributed by atoms with van der Waals surface area (Å²) < 4.78 is 10.6. The van der Waals surface area contributed by atoms with Gasteiger partial charge in [0.25, 0.3) is 5.91 Å². The van der Waals surface area contributed by atoms with Crippen LogP contribution in [-0.2, 0) is 14.3 Å². The Morgan fingerprint density at radius 1 is 1.30 bits per heavy atom. The highest BCUT2D eigenvalue weighted by molar-refractivity contribution is 7.99. The maximum Gasteiger partial charge on any atom is 0.407 e. The summed E-state index contributed by atoms with van der Waals surface area (Å²) in [6, 6.07) is -0.423. The van der Waals surface area contributed by atoms with Gasteiger partial charge in [-0.2, -0.15) is 0 Å². The lowest BCUT2D eigenvalue weighted by Gasteiger charge is -2.32. The summed E-state index contributed by atoms with van der Waals surface area (Å²) in [7, 11) is 1.43. The van der Waals surface area contributed by atoms with E-state index in [4.69, 9.17) is 9.47 Å². The van der Waals surface area contributed by atoms with E-state index in [9.17, 15) is 14.7 Å². The van der Waals surface area contributed by atoms with Crippen LogP contribution < -0.4 is 5.32 Å². The average molecular weight is 352 g/mol. The average Bonchev–Trinajstić information content (AvgIpc) is 2.50. The molecule has 23 heavy (non-hydrogen) atoms. The van der Waals surface area contributed by atoms with Crippen molar-refractivity contribution < 1.29 is 24.2 Å². The molecule has 0 aliphatic carbocycles. The van der Waals surface area contributed by atoms with Gasteiger partial charge < -0.3 is 24.8 Å². The van der Waals surface area contributed by atoms with Gasteiger partial charge in [-0.3, -0.25) is 4.79 Å². The fourth-order valence-electron chi connectivity index (χ4n) is 1.59. The van der Waals surface area contributed by atoms with E-state index in [2.05, 4.69) is 5.32 Å². The first-order valence-corrected chi connectivity index (χ1v) is 8.49. The van der Waals surface area contributed by atoms with E-state index in [1.807, 2.05) is 6.92 Å². The highest BCUT2D eigenvalue weighted by atomic mass is 32.2. The van der Waals surface area contributed by atoms with Crippen molar-refractivity contribution in [2.24, 2.45) is 5.92 Å². The molecule has 138 valence electrons. The van der Waals surface area contributed by atoms with Gasteiger partial charge in [-0.25, -0.2) is 4.79 Å². The number of hydrogen-bond acceptors (Lipinski definition) is 6. The molecular formula is C15H32N2O5S. The molecule has 2 N–H and O–H groups in total. The van der Waals surface area contributed by atoms with E-state index < -0.39 is 18.2 Å². The van der Waals surface area contributed by atoms with Crippen LogP contribution in [0.1, 0.15) is 35.1 Å². The number of carbonyl (C=O) groups is 2. The lowest BCUT2D eigenvalue weighted by atomic mass is 10.1. The molecule has 0 saturated heterocycles. The Morgan fingerprint density at radius 3 is 2.35 bits per heavy atom. The van der Waals surface area contributed by atoms with E-state index in [-0.39, 0.29) is 32.6 Å². The highest BCUT2D eigenvalue weighted by Crippen LogP contribution is 2.14. The standard InChI is InChI=1S/C14H28N2O5S.CH4/c1-6-22-9-20-8-16(11(4)7-17)13(18)12(10(2)3)21-14(19)15-5;/h10-12,17H,6-9H2,1-5H3,(H,15,19);1H4. The summed E-state index contributed by atoms with van der Waals surface area (Å²) in [6.45, 7) is 7.17. The van der Waals surface area contributed by atoms with Crippen LogP contribution in [0.5, 0.6) is 0 Å². The second-order valence-corrected chi connectivity index (χ2v) is 6.32. The van der Waals surface area contributed by atoms with E-state index in [0.717, 1.165) is 5.75 Å².